The molecule has 2 aliphatic rings. The van der Waals surface area contributed by atoms with Gasteiger partial charge < -0.3 is 10.5 Å². The molecule has 0 radical (unpaired) electrons. The third-order valence-electron chi connectivity index (χ3n) is 5.31. The molecule has 0 saturated carbocycles. The highest BCUT2D eigenvalue weighted by atomic mass is 32.2. The average molecular weight is 417 g/mol. The largest absolute Gasteiger partial charge is 0.492 e. The normalized spacial score (nSPS) is 23.0. The third kappa shape index (κ3) is 3.11. The first-order chi connectivity index (χ1) is 13.9. The van der Waals surface area contributed by atoms with Crippen molar-refractivity contribution in [1.29, 1.82) is 0 Å². The number of thioether (sulfide) groups is 1. The Kier molecular flexibility index (Phi) is 5.08. The molecule has 29 heavy (non-hydrogen) atoms. The van der Waals surface area contributed by atoms with Gasteiger partial charge in [0.25, 0.3) is 0 Å². The van der Waals surface area contributed by atoms with Crippen LogP contribution in [0.4, 0.5) is 8.78 Å². The number of benzene rings is 2. The van der Waals surface area contributed by atoms with Gasteiger partial charge in [0.2, 0.25) is 5.91 Å². The molecule has 0 aromatic heterocycles. The predicted octanol–water partition coefficient (Wildman–Crippen LogP) is 3.74. The summed E-state index contributed by atoms with van der Waals surface area (Å²) in [6, 6.07) is 8.95. The fraction of sp³-hybridized carbons (Fsp3) is 0.333. The molecule has 2 aromatic rings. The summed E-state index contributed by atoms with van der Waals surface area (Å²) in [5.41, 5.74) is 7.61. The second-order valence-electron chi connectivity index (χ2n) is 7.20. The molecule has 5 nitrogen and oxygen atoms in total. The van der Waals surface area contributed by atoms with E-state index in [-0.39, 0.29) is 22.4 Å². The van der Waals surface area contributed by atoms with Crippen molar-refractivity contribution >= 4 is 22.7 Å². The molecule has 0 fully saturated rings. The van der Waals surface area contributed by atoms with Crippen molar-refractivity contribution < 1.29 is 18.3 Å². The van der Waals surface area contributed by atoms with Crippen LogP contribution in [-0.2, 0) is 9.67 Å². The average Bonchev–Trinajstić information content (AvgIpc) is 3.08. The van der Waals surface area contributed by atoms with Crippen molar-refractivity contribution in [2.24, 2.45) is 16.8 Å². The second kappa shape index (κ2) is 7.42. The lowest BCUT2D eigenvalue weighted by molar-refractivity contribution is -0.134. The minimum absolute atomic E-state index is 0.0327. The number of nitrogens with two attached hydrogens (primary N) is 1. The number of carbonyl (C=O) groups excluding carboxylic acids is 1. The van der Waals surface area contributed by atoms with E-state index in [2.05, 4.69) is 5.10 Å². The molecule has 2 aromatic carbocycles. The third-order valence-corrected chi connectivity index (χ3v) is 6.84. The molecule has 0 bridgehead atoms. The fourth-order valence-corrected chi connectivity index (χ4v) is 5.56. The summed E-state index contributed by atoms with van der Waals surface area (Å²) in [5, 5.41) is 6.10. The monoisotopic (exact) mass is 417 g/mol. The maximum absolute atomic E-state index is 14.5. The number of halogens is 2. The Morgan fingerprint density at radius 1 is 1.38 bits per heavy atom. The van der Waals surface area contributed by atoms with E-state index in [4.69, 9.17) is 10.5 Å². The van der Waals surface area contributed by atoms with Crippen LogP contribution in [0.25, 0.3) is 0 Å². The summed E-state index contributed by atoms with van der Waals surface area (Å²) in [6.07, 6.45) is 0.582. The predicted molar refractivity (Wildman–Crippen MR) is 109 cm³/mol. The second-order valence-corrected chi connectivity index (χ2v) is 8.41. The first-order valence-electron chi connectivity index (χ1n) is 9.35. The van der Waals surface area contributed by atoms with E-state index in [1.54, 1.807) is 0 Å². The van der Waals surface area contributed by atoms with Gasteiger partial charge in [-0.25, -0.2) is 13.8 Å². The van der Waals surface area contributed by atoms with Crippen LogP contribution < -0.4 is 10.5 Å². The number of hydrogen-bond donors (Lipinski definition) is 1. The Balaban J connectivity index is 1.92. The molecule has 152 valence electrons. The molecule has 1 amide bonds. The number of amides is 1. The summed E-state index contributed by atoms with van der Waals surface area (Å²) in [6.45, 7) is 4.09. The van der Waals surface area contributed by atoms with Crippen molar-refractivity contribution in [3.8, 4) is 5.75 Å². The van der Waals surface area contributed by atoms with Crippen LogP contribution in [0.2, 0.25) is 0 Å². The Hall–Kier alpha value is -2.45. The molecule has 2 aliphatic heterocycles. The molecule has 2 N–H and O–H groups in total. The lowest BCUT2D eigenvalue weighted by Gasteiger charge is -2.45. The molecule has 0 saturated heterocycles. The van der Waals surface area contributed by atoms with Crippen LogP contribution in [0.5, 0.6) is 5.75 Å². The summed E-state index contributed by atoms with van der Waals surface area (Å²) < 4.78 is 34.4. The van der Waals surface area contributed by atoms with Gasteiger partial charge in [-0.15, -0.1) is 0 Å². The molecular weight excluding hydrogens is 396 g/mol. The molecule has 2 heterocycles. The highest BCUT2D eigenvalue weighted by molar-refractivity contribution is 8.15. The number of ether oxygens (including phenoxy) is 1. The van der Waals surface area contributed by atoms with Gasteiger partial charge in [-0.2, -0.15) is 5.10 Å². The lowest BCUT2D eigenvalue weighted by Crippen LogP contribution is -2.51. The van der Waals surface area contributed by atoms with Gasteiger partial charge in [0, 0.05) is 24.0 Å². The summed E-state index contributed by atoms with van der Waals surface area (Å²) in [7, 11) is 0. The van der Waals surface area contributed by atoms with Gasteiger partial charge in [-0.3, -0.25) is 4.79 Å². The van der Waals surface area contributed by atoms with Gasteiger partial charge in [-0.1, -0.05) is 30.0 Å². The molecule has 8 heteroatoms. The van der Waals surface area contributed by atoms with Crippen LogP contribution in [0.3, 0.4) is 0 Å². The van der Waals surface area contributed by atoms with Crippen molar-refractivity contribution in [1.82, 2.24) is 5.01 Å². The van der Waals surface area contributed by atoms with Crippen molar-refractivity contribution in [2.75, 3.05) is 13.2 Å². The molecule has 4 rings (SSSR count). The van der Waals surface area contributed by atoms with E-state index >= 15 is 0 Å². The first kappa shape index (κ1) is 19.8. The Morgan fingerprint density at radius 2 is 2.17 bits per heavy atom. The van der Waals surface area contributed by atoms with Crippen LogP contribution in [0, 0.1) is 24.5 Å². The van der Waals surface area contributed by atoms with Gasteiger partial charge in [0.1, 0.15) is 22.4 Å². The quantitative estimate of drug-likeness (QED) is 0.826. The highest BCUT2D eigenvalue weighted by Gasteiger charge is 2.56. The Labute approximate surface area is 171 Å². The van der Waals surface area contributed by atoms with E-state index in [0.717, 1.165) is 29.3 Å². The maximum atomic E-state index is 14.5. The van der Waals surface area contributed by atoms with E-state index in [1.165, 1.54) is 23.7 Å². The minimum atomic E-state index is -0.932. The topological polar surface area (TPSA) is 67.9 Å². The highest BCUT2D eigenvalue weighted by Crippen LogP contribution is 2.58. The number of carbonyl (C=O) groups is 1. The van der Waals surface area contributed by atoms with Crippen molar-refractivity contribution in [3.05, 3.63) is 64.7 Å². The molecule has 0 unspecified atom stereocenters. The molecule has 2 atom stereocenters. The lowest BCUT2D eigenvalue weighted by atomic mass is 9.85. The standard InChI is InChI=1S/C21H21F2N3O2S/c1-12-4-3-5-17-19(12)28-11-14(8-9-24)21(17)26(13(2)27)25-20(29-21)16-10-15(22)6-7-18(16)23/h3-7,10,14H,8-9,11,24H2,1-2H3/t14-,21-/m1/s1. The van der Waals surface area contributed by atoms with Gasteiger partial charge in [0.15, 0.2) is 4.87 Å². The molecule has 0 aliphatic carbocycles. The van der Waals surface area contributed by atoms with Crippen LogP contribution in [0.15, 0.2) is 41.5 Å². The minimum Gasteiger partial charge on any atom is -0.492 e. The number of aryl methyl sites for hydroxylation is 1. The summed E-state index contributed by atoms with van der Waals surface area (Å²) in [5.74, 6) is -0.934. The zero-order valence-corrected chi connectivity index (χ0v) is 16.9. The van der Waals surface area contributed by atoms with E-state index in [0.29, 0.717) is 25.3 Å². The van der Waals surface area contributed by atoms with Gasteiger partial charge in [-0.05, 0) is 43.7 Å². The van der Waals surface area contributed by atoms with Crippen LogP contribution in [0.1, 0.15) is 30.0 Å². The fourth-order valence-electron chi connectivity index (χ4n) is 4.00. The smallest absolute Gasteiger partial charge is 0.241 e. The van der Waals surface area contributed by atoms with Gasteiger partial charge >= 0.3 is 0 Å². The van der Waals surface area contributed by atoms with E-state index in [9.17, 15) is 13.6 Å². The number of hydrazone groups is 1. The van der Waals surface area contributed by atoms with Gasteiger partial charge in [0.05, 0.1) is 6.61 Å². The number of hydrogen-bond acceptors (Lipinski definition) is 5. The summed E-state index contributed by atoms with van der Waals surface area (Å²) >= 11 is 1.26. The number of nitrogens with zero attached hydrogens (tertiary/aromatic N) is 2. The van der Waals surface area contributed by atoms with Crippen LogP contribution in [-0.4, -0.2) is 29.1 Å². The zero-order valence-electron chi connectivity index (χ0n) is 16.1. The number of rotatable bonds is 3. The zero-order chi connectivity index (χ0) is 20.8. The van der Waals surface area contributed by atoms with Crippen molar-refractivity contribution in [3.63, 3.8) is 0 Å². The van der Waals surface area contributed by atoms with E-state index in [1.807, 2.05) is 25.1 Å². The number of para-hydroxylation sites is 1. The first-order valence-corrected chi connectivity index (χ1v) is 10.2. The molecular formula is C21H21F2N3O2S. The number of fused-ring (bicyclic) bond motifs is 2. The Bertz CT molecular complexity index is 1010. The van der Waals surface area contributed by atoms with Crippen LogP contribution >= 0.6 is 11.8 Å². The Morgan fingerprint density at radius 3 is 2.90 bits per heavy atom. The summed E-state index contributed by atoms with van der Waals surface area (Å²) in [4.78, 5) is 11.7. The maximum Gasteiger partial charge on any atom is 0.241 e. The van der Waals surface area contributed by atoms with E-state index < -0.39 is 16.5 Å². The SMILES string of the molecule is CC(=O)N1N=C(c2cc(F)ccc2F)S[C@]12c1cccc(C)c1OC[C@H]2CCN. The van der Waals surface area contributed by atoms with Crippen molar-refractivity contribution in [2.45, 2.75) is 25.1 Å². The molecule has 1 spiro atoms.